The van der Waals surface area contributed by atoms with E-state index in [9.17, 15) is 9.59 Å². The molecule has 5 nitrogen and oxygen atoms in total. The van der Waals surface area contributed by atoms with Gasteiger partial charge in [-0.1, -0.05) is 30.3 Å². The molecule has 1 aromatic carbocycles. The number of carbonyl (C=O) groups is 2. The molecule has 0 aromatic heterocycles. The number of hydrogen-bond acceptors (Lipinski definition) is 3. The van der Waals surface area contributed by atoms with Gasteiger partial charge < -0.3 is 15.5 Å². The number of amides is 1. The van der Waals surface area contributed by atoms with E-state index >= 15 is 0 Å². The van der Waals surface area contributed by atoms with Crippen molar-refractivity contribution in [2.24, 2.45) is 0 Å². The molecule has 0 saturated carbocycles. The summed E-state index contributed by atoms with van der Waals surface area (Å²) in [6.07, 6.45) is 0.145. The van der Waals surface area contributed by atoms with Crippen LogP contribution < -0.4 is 5.32 Å². The second-order valence-electron chi connectivity index (χ2n) is 3.62. The van der Waals surface area contributed by atoms with Crippen molar-refractivity contribution >= 4 is 11.9 Å². The minimum Gasteiger partial charge on any atom is -0.480 e. The zero-order chi connectivity index (χ0) is 12.7. The SMILES string of the molecule is O=C(CCO)NC(Cc1ccccc1)C(=O)O. The number of carboxylic acids is 1. The molecule has 0 radical (unpaired) electrons. The highest BCUT2D eigenvalue weighted by molar-refractivity contribution is 5.83. The van der Waals surface area contributed by atoms with E-state index in [0.29, 0.717) is 0 Å². The summed E-state index contributed by atoms with van der Waals surface area (Å²) in [5, 5.41) is 19.9. The summed E-state index contributed by atoms with van der Waals surface area (Å²) in [5.74, 6) is -1.55. The quantitative estimate of drug-likeness (QED) is 0.658. The zero-order valence-electron chi connectivity index (χ0n) is 9.30. The Morgan fingerprint density at radius 3 is 2.41 bits per heavy atom. The highest BCUT2D eigenvalue weighted by atomic mass is 16.4. The van der Waals surface area contributed by atoms with Gasteiger partial charge in [0.05, 0.1) is 6.61 Å². The Morgan fingerprint density at radius 1 is 1.24 bits per heavy atom. The second kappa shape index (κ2) is 6.65. The van der Waals surface area contributed by atoms with Crippen molar-refractivity contribution in [3.63, 3.8) is 0 Å². The third kappa shape index (κ3) is 4.65. The van der Waals surface area contributed by atoms with E-state index in [1.807, 2.05) is 18.2 Å². The van der Waals surface area contributed by atoms with Gasteiger partial charge in [-0.25, -0.2) is 4.79 Å². The van der Waals surface area contributed by atoms with Crippen molar-refractivity contribution in [1.82, 2.24) is 5.32 Å². The predicted molar refractivity (Wildman–Crippen MR) is 61.4 cm³/mol. The molecule has 1 rings (SSSR count). The Hall–Kier alpha value is -1.88. The molecule has 0 bridgehead atoms. The Balaban J connectivity index is 2.61. The maximum atomic E-state index is 11.2. The van der Waals surface area contributed by atoms with Crippen molar-refractivity contribution in [2.45, 2.75) is 18.9 Å². The maximum absolute atomic E-state index is 11.2. The lowest BCUT2D eigenvalue weighted by Gasteiger charge is -2.14. The summed E-state index contributed by atoms with van der Waals surface area (Å²) in [5.41, 5.74) is 0.837. The minimum atomic E-state index is -1.08. The number of aliphatic hydroxyl groups excluding tert-OH is 1. The van der Waals surface area contributed by atoms with E-state index in [1.54, 1.807) is 12.1 Å². The standard InChI is InChI=1S/C12H15NO4/c14-7-6-11(15)13-10(12(16)17)8-9-4-2-1-3-5-9/h1-5,10,14H,6-8H2,(H,13,15)(H,16,17). The third-order valence-electron chi connectivity index (χ3n) is 2.25. The fraction of sp³-hybridized carbons (Fsp3) is 0.333. The van der Waals surface area contributed by atoms with Crippen LogP contribution in [-0.4, -0.2) is 34.7 Å². The first-order valence-corrected chi connectivity index (χ1v) is 5.30. The van der Waals surface area contributed by atoms with E-state index in [4.69, 9.17) is 10.2 Å². The van der Waals surface area contributed by atoms with Crippen LogP contribution in [0.1, 0.15) is 12.0 Å². The molecule has 0 aliphatic carbocycles. The zero-order valence-corrected chi connectivity index (χ0v) is 9.30. The summed E-state index contributed by atoms with van der Waals surface area (Å²) in [4.78, 5) is 22.2. The van der Waals surface area contributed by atoms with Gasteiger partial charge in [-0.05, 0) is 5.56 Å². The average molecular weight is 237 g/mol. The minimum absolute atomic E-state index is 0.0848. The molecule has 17 heavy (non-hydrogen) atoms. The van der Waals surface area contributed by atoms with Crippen molar-refractivity contribution in [3.05, 3.63) is 35.9 Å². The normalized spacial score (nSPS) is 11.8. The van der Waals surface area contributed by atoms with E-state index in [0.717, 1.165) is 5.56 Å². The molecule has 1 amide bonds. The lowest BCUT2D eigenvalue weighted by atomic mass is 10.1. The van der Waals surface area contributed by atoms with Gasteiger partial charge in [-0.3, -0.25) is 4.79 Å². The number of hydrogen-bond donors (Lipinski definition) is 3. The van der Waals surface area contributed by atoms with Crippen LogP contribution in [0, 0.1) is 0 Å². The van der Waals surface area contributed by atoms with Crippen molar-refractivity contribution in [1.29, 1.82) is 0 Å². The van der Waals surface area contributed by atoms with E-state index < -0.39 is 17.9 Å². The van der Waals surface area contributed by atoms with Gasteiger partial charge in [0.2, 0.25) is 5.91 Å². The second-order valence-corrected chi connectivity index (χ2v) is 3.62. The molecule has 1 aromatic rings. The topological polar surface area (TPSA) is 86.6 Å². The first-order valence-electron chi connectivity index (χ1n) is 5.30. The monoisotopic (exact) mass is 237 g/mol. The van der Waals surface area contributed by atoms with Gasteiger partial charge in [0.15, 0.2) is 0 Å². The van der Waals surface area contributed by atoms with Gasteiger partial charge in [-0.2, -0.15) is 0 Å². The number of carboxylic acid groups (broad SMARTS) is 1. The van der Waals surface area contributed by atoms with Crippen LogP contribution in [0.2, 0.25) is 0 Å². The van der Waals surface area contributed by atoms with Gasteiger partial charge in [0, 0.05) is 12.8 Å². The van der Waals surface area contributed by atoms with Crippen LogP contribution in [-0.2, 0) is 16.0 Å². The molecule has 0 heterocycles. The van der Waals surface area contributed by atoms with Gasteiger partial charge in [-0.15, -0.1) is 0 Å². The highest BCUT2D eigenvalue weighted by Gasteiger charge is 2.19. The summed E-state index contributed by atoms with van der Waals surface area (Å²) in [6.45, 7) is -0.288. The van der Waals surface area contributed by atoms with Crippen molar-refractivity contribution in [3.8, 4) is 0 Å². The fourth-order valence-corrected chi connectivity index (χ4v) is 1.42. The molecule has 0 aliphatic rings. The van der Waals surface area contributed by atoms with Crippen LogP contribution >= 0.6 is 0 Å². The van der Waals surface area contributed by atoms with Gasteiger partial charge in [0.1, 0.15) is 6.04 Å². The van der Waals surface area contributed by atoms with Crippen LogP contribution in [0.15, 0.2) is 30.3 Å². The number of aliphatic carboxylic acids is 1. The van der Waals surface area contributed by atoms with Gasteiger partial charge >= 0.3 is 5.97 Å². The largest absolute Gasteiger partial charge is 0.480 e. The average Bonchev–Trinajstić information content (AvgIpc) is 2.29. The van der Waals surface area contributed by atoms with Crippen LogP contribution in [0.5, 0.6) is 0 Å². The first-order chi connectivity index (χ1) is 8.13. The van der Waals surface area contributed by atoms with Crippen molar-refractivity contribution < 1.29 is 19.8 Å². The van der Waals surface area contributed by atoms with Crippen molar-refractivity contribution in [2.75, 3.05) is 6.61 Å². The smallest absolute Gasteiger partial charge is 0.326 e. The summed E-state index contributed by atoms with van der Waals surface area (Å²) < 4.78 is 0. The maximum Gasteiger partial charge on any atom is 0.326 e. The highest BCUT2D eigenvalue weighted by Crippen LogP contribution is 2.03. The van der Waals surface area contributed by atoms with Crippen LogP contribution in [0.25, 0.3) is 0 Å². The Kier molecular flexibility index (Phi) is 5.16. The lowest BCUT2D eigenvalue weighted by Crippen LogP contribution is -2.42. The lowest BCUT2D eigenvalue weighted by molar-refractivity contribution is -0.141. The predicted octanol–water partition coefficient (Wildman–Crippen LogP) is 0.181. The molecule has 5 heteroatoms. The molecule has 0 saturated heterocycles. The van der Waals surface area contributed by atoms with Crippen LogP contribution in [0.3, 0.4) is 0 Å². The van der Waals surface area contributed by atoms with E-state index in [2.05, 4.69) is 5.32 Å². The molecule has 0 aliphatic heterocycles. The first kappa shape index (κ1) is 13.2. The summed E-state index contributed by atoms with van der Waals surface area (Å²) in [7, 11) is 0. The molecule has 3 N–H and O–H groups in total. The number of aliphatic hydroxyl groups is 1. The molecule has 92 valence electrons. The fourth-order valence-electron chi connectivity index (χ4n) is 1.42. The third-order valence-corrected chi connectivity index (χ3v) is 2.25. The van der Waals surface area contributed by atoms with E-state index in [-0.39, 0.29) is 19.4 Å². The number of rotatable bonds is 6. The molecular formula is C12H15NO4. The Bertz CT molecular complexity index is 377. The number of nitrogens with one attached hydrogen (secondary N) is 1. The number of benzene rings is 1. The van der Waals surface area contributed by atoms with E-state index in [1.165, 1.54) is 0 Å². The molecular weight excluding hydrogens is 222 g/mol. The van der Waals surface area contributed by atoms with Gasteiger partial charge in [0.25, 0.3) is 0 Å². The molecule has 0 fully saturated rings. The summed E-state index contributed by atoms with van der Waals surface area (Å²) >= 11 is 0. The Labute approximate surface area is 99.1 Å². The molecule has 1 atom stereocenters. The summed E-state index contributed by atoms with van der Waals surface area (Å²) in [6, 6.07) is 8.09. The molecule has 0 spiro atoms. The van der Waals surface area contributed by atoms with Crippen LogP contribution in [0.4, 0.5) is 0 Å². The number of carbonyl (C=O) groups excluding carboxylic acids is 1. The molecule has 1 unspecified atom stereocenters. The Morgan fingerprint density at radius 2 is 1.88 bits per heavy atom.